The third-order valence-corrected chi connectivity index (χ3v) is 12.8. The first-order valence-corrected chi connectivity index (χ1v) is 32.6. The molecule has 0 spiro atoms. The van der Waals surface area contributed by atoms with Crippen LogP contribution in [-0.2, 0) is 28.6 Å². The lowest BCUT2D eigenvalue weighted by molar-refractivity contribution is -0.167. The van der Waals surface area contributed by atoms with Crippen LogP contribution in [0, 0.1) is 0 Å². The van der Waals surface area contributed by atoms with E-state index in [0.29, 0.717) is 19.3 Å². The van der Waals surface area contributed by atoms with E-state index in [1.54, 1.807) is 0 Å². The molecule has 6 heteroatoms. The van der Waals surface area contributed by atoms with Gasteiger partial charge in [0.25, 0.3) is 0 Å². The summed E-state index contributed by atoms with van der Waals surface area (Å²) >= 11 is 0. The molecule has 0 aliphatic carbocycles. The summed E-state index contributed by atoms with van der Waals surface area (Å²) in [6.07, 6.45) is 105. The number of rotatable bonds is 56. The Morgan fingerprint density at radius 3 is 0.723 bits per heavy atom. The number of allylic oxidation sites excluding steroid dienone is 34. The highest BCUT2D eigenvalue weighted by Gasteiger charge is 2.19. The molecule has 0 aliphatic rings. The Bertz CT molecular complexity index is 2030. The highest BCUT2D eigenvalue weighted by atomic mass is 16.6. The van der Waals surface area contributed by atoms with Crippen LogP contribution in [0.5, 0.6) is 0 Å². The smallest absolute Gasteiger partial charge is 0.306 e. The molecule has 0 fully saturated rings. The van der Waals surface area contributed by atoms with Crippen molar-refractivity contribution in [2.75, 3.05) is 13.2 Å². The van der Waals surface area contributed by atoms with E-state index < -0.39 is 6.10 Å². The average Bonchev–Trinajstić information content (AvgIpc) is 3.49. The SMILES string of the molecule is CC/C=C\C/C=C\C/C=C\C/C=C\C/C=C\C/C=C\CCCCCCCCC(=O)OCC(COC(=O)CCC/C=C\C/C=C\C/C=C\C/C=C\C/C=C\CC)OC(=O)CCCCCC/C=C\C/C=C\C/C=C\C/C=C\C/C=C\C/C=C\CC. The second-order valence-electron chi connectivity index (χ2n) is 20.5. The zero-order chi connectivity index (χ0) is 59.9. The van der Waals surface area contributed by atoms with Gasteiger partial charge in [0.05, 0.1) is 0 Å². The standard InChI is InChI=1S/C77H116O6/c1-4-7-10-13-16-19-22-25-28-31-33-35-37-38-40-41-43-46-49-52-55-58-61-64-67-70-76(79)82-73-74(72-81-75(78)69-66-63-60-57-54-51-48-45-30-27-24-21-18-15-12-9-6-3)83-77(80)71-68-65-62-59-56-53-50-47-44-42-39-36-34-32-29-26-23-20-17-14-11-8-5-2/h7-12,16-21,25-30,33-36,38,40,42-44,46,48,50-51,53,57,60,74H,4-6,13-15,22-24,31-32,37,39,41,45,47,49,52,54-56,58-59,61-73H2,1-3H3/b10-7-,11-8-,12-9-,19-16-,20-17-,21-18-,28-25-,29-26-,30-27-,35-33-,36-34-,40-38-,44-42-,46-43-,51-48-,53-50-,60-57-. The zero-order valence-corrected chi connectivity index (χ0v) is 52.6. The molecule has 0 N–H and O–H groups in total. The van der Waals surface area contributed by atoms with E-state index in [9.17, 15) is 14.4 Å². The van der Waals surface area contributed by atoms with Crippen molar-refractivity contribution >= 4 is 17.9 Å². The molecule has 0 aromatic heterocycles. The van der Waals surface area contributed by atoms with E-state index in [1.165, 1.54) is 12.8 Å². The maximum atomic E-state index is 12.9. The summed E-state index contributed by atoms with van der Waals surface area (Å²) in [6, 6.07) is 0. The first-order valence-electron chi connectivity index (χ1n) is 32.6. The summed E-state index contributed by atoms with van der Waals surface area (Å²) in [5.41, 5.74) is 0. The fraction of sp³-hybridized carbons (Fsp3) is 0.519. The number of hydrogen-bond donors (Lipinski definition) is 0. The van der Waals surface area contributed by atoms with E-state index in [-0.39, 0.29) is 44.0 Å². The molecule has 0 bridgehead atoms. The lowest BCUT2D eigenvalue weighted by Crippen LogP contribution is -2.30. The predicted octanol–water partition coefficient (Wildman–Crippen LogP) is 22.8. The molecule has 83 heavy (non-hydrogen) atoms. The topological polar surface area (TPSA) is 78.9 Å². The molecule has 1 unspecified atom stereocenters. The minimum absolute atomic E-state index is 0.127. The zero-order valence-electron chi connectivity index (χ0n) is 52.6. The van der Waals surface area contributed by atoms with Crippen LogP contribution < -0.4 is 0 Å². The highest BCUT2D eigenvalue weighted by Crippen LogP contribution is 2.13. The average molecular weight is 1140 g/mol. The molecular weight excluding hydrogens is 1020 g/mol. The first-order chi connectivity index (χ1) is 41.0. The molecule has 0 saturated carbocycles. The third kappa shape index (κ3) is 66.7. The number of esters is 3. The maximum Gasteiger partial charge on any atom is 0.306 e. The van der Waals surface area contributed by atoms with Gasteiger partial charge < -0.3 is 14.2 Å². The maximum absolute atomic E-state index is 12.9. The Morgan fingerprint density at radius 1 is 0.241 bits per heavy atom. The van der Waals surface area contributed by atoms with Crippen LogP contribution in [0.25, 0.3) is 0 Å². The summed E-state index contributed by atoms with van der Waals surface area (Å²) in [6.45, 7) is 6.20. The quantitative estimate of drug-likeness (QED) is 0.0261. The van der Waals surface area contributed by atoms with Crippen molar-refractivity contribution in [1.29, 1.82) is 0 Å². The normalized spacial score (nSPS) is 13.5. The highest BCUT2D eigenvalue weighted by molar-refractivity contribution is 5.71. The van der Waals surface area contributed by atoms with Gasteiger partial charge in [0.15, 0.2) is 6.10 Å². The van der Waals surface area contributed by atoms with Gasteiger partial charge in [0.1, 0.15) is 13.2 Å². The number of unbranched alkanes of at least 4 members (excludes halogenated alkanes) is 11. The molecule has 0 amide bonds. The van der Waals surface area contributed by atoms with Gasteiger partial charge in [-0.25, -0.2) is 0 Å². The second kappa shape index (κ2) is 68.5. The Morgan fingerprint density at radius 2 is 0.446 bits per heavy atom. The van der Waals surface area contributed by atoms with Gasteiger partial charge in [-0.05, 0) is 161 Å². The lowest BCUT2D eigenvalue weighted by atomic mass is 10.1. The van der Waals surface area contributed by atoms with Crippen LogP contribution in [0.2, 0.25) is 0 Å². The minimum atomic E-state index is -0.837. The van der Waals surface area contributed by atoms with Crippen molar-refractivity contribution in [3.8, 4) is 0 Å². The molecule has 0 radical (unpaired) electrons. The Hall–Kier alpha value is -6.01. The van der Waals surface area contributed by atoms with Crippen molar-refractivity contribution in [3.63, 3.8) is 0 Å². The van der Waals surface area contributed by atoms with Crippen LogP contribution in [0.3, 0.4) is 0 Å². The fourth-order valence-electron chi connectivity index (χ4n) is 8.01. The second-order valence-corrected chi connectivity index (χ2v) is 20.5. The molecule has 0 heterocycles. The minimum Gasteiger partial charge on any atom is -0.462 e. The van der Waals surface area contributed by atoms with E-state index in [0.717, 1.165) is 173 Å². The Kier molecular flexibility index (Phi) is 63.5. The van der Waals surface area contributed by atoms with Crippen molar-refractivity contribution in [2.24, 2.45) is 0 Å². The number of hydrogen-bond acceptors (Lipinski definition) is 6. The van der Waals surface area contributed by atoms with E-state index in [1.807, 2.05) is 0 Å². The summed E-state index contributed by atoms with van der Waals surface area (Å²) in [7, 11) is 0. The summed E-state index contributed by atoms with van der Waals surface area (Å²) < 4.78 is 16.9. The molecule has 1 atom stereocenters. The van der Waals surface area contributed by atoms with Gasteiger partial charge in [0, 0.05) is 19.3 Å². The molecule has 0 saturated heterocycles. The molecule has 6 nitrogen and oxygen atoms in total. The van der Waals surface area contributed by atoms with E-state index in [2.05, 4.69) is 227 Å². The van der Waals surface area contributed by atoms with Crippen molar-refractivity contribution in [3.05, 3.63) is 207 Å². The van der Waals surface area contributed by atoms with Crippen molar-refractivity contribution < 1.29 is 28.6 Å². The van der Waals surface area contributed by atoms with E-state index in [4.69, 9.17) is 14.2 Å². The summed E-state index contributed by atoms with van der Waals surface area (Å²) in [4.78, 5) is 38.4. The van der Waals surface area contributed by atoms with Crippen LogP contribution in [0.15, 0.2) is 207 Å². The first kappa shape index (κ1) is 77.0. The predicted molar refractivity (Wildman–Crippen MR) is 361 cm³/mol. The largest absolute Gasteiger partial charge is 0.462 e. The van der Waals surface area contributed by atoms with Gasteiger partial charge in [-0.3, -0.25) is 14.4 Å². The van der Waals surface area contributed by atoms with Gasteiger partial charge in [-0.1, -0.05) is 266 Å². The molecule has 0 aliphatic heterocycles. The molecular formula is C77H116O6. The Labute approximate surface area is 509 Å². The van der Waals surface area contributed by atoms with Gasteiger partial charge >= 0.3 is 17.9 Å². The fourth-order valence-corrected chi connectivity index (χ4v) is 8.01. The van der Waals surface area contributed by atoms with Crippen molar-refractivity contribution in [1.82, 2.24) is 0 Å². The van der Waals surface area contributed by atoms with Crippen LogP contribution in [-0.4, -0.2) is 37.2 Å². The summed E-state index contributed by atoms with van der Waals surface area (Å²) in [5, 5.41) is 0. The van der Waals surface area contributed by atoms with Crippen LogP contribution in [0.4, 0.5) is 0 Å². The Balaban J connectivity index is 4.58. The monoisotopic (exact) mass is 1140 g/mol. The number of carbonyl (C=O) groups is 3. The van der Waals surface area contributed by atoms with Crippen molar-refractivity contribution in [2.45, 2.75) is 245 Å². The molecule has 0 rings (SSSR count). The number of ether oxygens (including phenoxy) is 3. The van der Waals surface area contributed by atoms with Gasteiger partial charge in [-0.2, -0.15) is 0 Å². The van der Waals surface area contributed by atoms with Crippen LogP contribution >= 0.6 is 0 Å². The summed E-state index contributed by atoms with van der Waals surface area (Å²) in [5.74, 6) is -1.04. The number of carbonyl (C=O) groups excluding carboxylic acids is 3. The van der Waals surface area contributed by atoms with Crippen LogP contribution in [0.1, 0.15) is 239 Å². The molecule has 0 aromatic rings. The van der Waals surface area contributed by atoms with E-state index >= 15 is 0 Å². The third-order valence-electron chi connectivity index (χ3n) is 12.8. The van der Waals surface area contributed by atoms with Gasteiger partial charge in [0.2, 0.25) is 0 Å². The molecule has 460 valence electrons. The lowest BCUT2D eigenvalue weighted by Gasteiger charge is -2.18. The molecule has 0 aromatic carbocycles. The van der Waals surface area contributed by atoms with Gasteiger partial charge in [-0.15, -0.1) is 0 Å².